The molecule has 3 aromatic rings. The summed E-state index contributed by atoms with van der Waals surface area (Å²) in [7, 11) is 0. The summed E-state index contributed by atoms with van der Waals surface area (Å²) in [6.07, 6.45) is 0. The lowest BCUT2D eigenvalue weighted by Crippen LogP contribution is -2.38. The quantitative estimate of drug-likeness (QED) is 0.578. The van der Waals surface area contributed by atoms with E-state index in [0.717, 1.165) is 11.1 Å². The summed E-state index contributed by atoms with van der Waals surface area (Å²) in [5, 5.41) is 3.94. The number of hydrogen-bond acceptors (Lipinski definition) is 4. The Morgan fingerprint density at radius 1 is 1.14 bits per heavy atom. The van der Waals surface area contributed by atoms with Crippen molar-refractivity contribution in [3.8, 4) is 11.3 Å². The highest BCUT2D eigenvalue weighted by atomic mass is 19.1. The number of rotatable bonds is 8. The van der Waals surface area contributed by atoms with Crippen molar-refractivity contribution in [1.82, 2.24) is 10.1 Å². The van der Waals surface area contributed by atoms with Crippen molar-refractivity contribution in [2.45, 2.75) is 33.0 Å². The van der Waals surface area contributed by atoms with Crippen LogP contribution in [0.25, 0.3) is 11.3 Å². The van der Waals surface area contributed by atoms with E-state index in [4.69, 9.17) is 9.26 Å². The maximum absolute atomic E-state index is 13.0. The van der Waals surface area contributed by atoms with Crippen LogP contribution in [0.3, 0.4) is 0 Å². The third kappa shape index (κ3) is 5.27. The second kappa shape index (κ2) is 9.28. The number of amides is 1. The molecule has 0 fully saturated rings. The number of carbonyl (C=O) groups is 1. The molecule has 1 heterocycles. The first-order valence-corrected chi connectivity index (χ1v) is 9.15. The molecule has 5 nitrogen and oxygen atoms in total. The highest BCUT2D eigenvalue weighted by Crippen LogP contribution is 2.21. The van der Waals surface area contributed by atoms with Gasteiger partial charge in [-0.1, -0.05) is 35.5 Å². The van der Waals surface area contributed by atoms with Crippen LogP contribution < -0.4 is 0 Å². The van der Waals surface area contributed by atoms with Gasteiger partial charge in [-0.05, 0) is 43.7 Å². The van der Waals surface area contributed by atoms with Gasteiger partial charge < -0.3 is 14.2 Å². The average molecular weight is 382 g/mol. The monoisotopic (exact) mass is 382 g/mol. The maximum atomic E-state index is 13.0. The van der Waals surface area contributed by atoms with Crippen LogP contribution in [0.15, 0.2) is 65.2 Å². The van der Waals surface area contributed by atoms with Crippen molar-refractivity contribution < 1.29 is 18.4 Å². The molecule has 0 N–H and O–H groups in total. The second-order valence-corrected chi connectivity index (χ2v) is 6.78. The zero-order valence-corrected chi connectivity index (χ0v) is 16.0. The van der Waals surface area contributed by atoms with Gasteiger partial charge in [0.15, 0.2) is 5.76 Å². The second-order valence-electron chi connectivity index (χ2n) is 6.78. The maximum Gasteiger partial charge on any atom is 0.249 e. The molecule has 6 heteroatoms. The van der Waals surface area contributed by atoms with Crippen molar-refractivity contribution in [3.63, 3.8) is 0 Å². The first kappa shape index (κ1) is 19.8. The standard InChI is InChI=1S/C22H23FN2O3/c1-16(2)25(13-17-6-4-3-5-7-17)22(26)15-27-14-20-12-21(28-24-20)18-8-10-19(23)11-9-18/h3-12,16H,13-15H2,1-2H3. The summed E-state index contributed by atoms with van der Waals surface area (Å²) in [4.78, 5) is 14.3. The van der Waals surface area contributed by atoms with E-state index < -0.39 is 0 Å². The van der Waals surface area contributed by atoms with Gasteiger partial charge in [-0.3, -0.25) is 4.79 Å². The Hall–Kier alpha value is -2.99. The lowest BCUT2D eigenvalue weighted by atomic mass is 10.1. The minimum absolute atomic E-state index is 0.0379. The van der Waals surface area contributed by atoms with Crippen LogP contribution in [-0.4, -0.2) is 28.6 Å². The number of halogens is 1. The van der Waals surface area contributed by atoms with E-state index in [1.165, 1.54) is 12.1 Å². The summed E-state index contributed by atoms with van der Waals surface area (Å²) in [6.45, 7) is 4.62. The lowest BCUT2D eigenvalue weighted by Gasteiger charge is -2.26. The molecule has 146 valence electrons. The molecule has 0 saturated carbocycles. The zero-order chi connectivity index (χ0) is 19.9. The molecule has 0 aliphatic heterocycles. The highest BCUT2D eigenvalue weighted by Gasteiger charge is 2.18. The largest absolute Gasteiger partial charge is 0.365 e. The Morgan fingerprint density at radius 3 is 2.54 bits per heavy atom. The summed E-state index contributed by atoms with van der Waals surface area (Å²) in [5.74, 6) is 0.134. The Labute approximate surface area is 163 Å². The van der Waals surface area contributed by atoms with Crippen LogP contribution in [0.2, 0.25) is 0 Å². The van der Waals surface area contributed by atoms with E-state index in [-0.39, 0.29) is 31.0 Å². The minimum Gasteiger partial charge on any atom is -0.365 e. The number of hydrogen-bond donors (Lipinski definition) is 0. The van der Waals surface area contributed by atoms with Crippen molar-refractivity contribution in [3.05, 3.63) is 77.7 Å². The molecule has 1 amide bonds. The van der Waals surface area contributed by atoms with Crippen molar-refractivity contribution in [2.75, 3.05) is 6.61 Å². The van der Waals surface area contributed by atoms with Crippen LogP contribution in [0.5, 0.6) is 0 Å². The molecule has 0 radical (unpaired) electrons. The number of benzene rings is 2. The van der Waals surface area contributed by atoms with Gasteiger partial charge in [-0.2, -0.15) is 0 Å². The van der Waals surface area contributed by atoms with Gasteiger partial charge in [0, 0.05) is 24.2 Å². The minimum atomic E-state index is -0.310. The predicted molar refractivity (Wildman–Crippen MR) is 104 cm³/mol. The molecule has 0 bridgehead atoms. The van der Waals surface area contributed by atoms with E-state index in [0.29, 0.717) is 18.0 Å². The van der Waals surface area contributed by atoms with Gasteiger partial charge in [0.25, 0.3) is 0 Å². The van der Waals surface area contributed by atoms with Crippen LogP contribution in [0.4, 0.5) is 4.39 Å². The summed E-state index contributed by atoms with van der Waals surface area (Å²) in [5.41, 5.74) is 2.38. The van der Waals surface area contributed by atoms with Gasteiger partial charge in [0.1, 0.15) is 18.1 Å². The van der Waals surface area contributed by atoms with E-state index in [2.05, 4.69) is 5.16 Å². The molecule has 1 aromatic heterocycles. The van der Waals surface area contributed by atoms with Gasteiger partial charge in [0.2, 0.25) is 5.91 Å². The van der Waals surface area contributed by atoms with Crippen molar-refractivity contribution in [1.29, 1.82) is 0 Å². The Bertz CT molecular complexity index is 892. The third-order valence-electron chi connectivity index (χ3n) is 4.30. The number of nitrogens with zero attached hydrogens (tertiary/aromatic N) is 2. The van der Waals surface area contributed by atoms with Crippen LogP contribution in [0.1, 0.15) is 25.1 Å². The molecular formula is C22H23FN2O3. The van der Waals surface area contributed by atoms with E-state index >= 15 is 0 Å². The molecular weight excluding hydrogens is 359 g/mol. The number of aromatic nitrogens is 1. The van der Waals surface area contributed by atoms with Crippen LogP contribution in [0, 0.1) is 5.82 Å². The fourth-order valence-corrected chi connectivity index (χ4v) is 2.79. The fraction of sp³-hybridized carbons (Fsp3) is 0.273. The van der Waals surface area contributed by atoms with Crippen molar-refractivity contribution >= 4 is 5.91 Å². The molecule has 28 heavy (non-hydrogen) atoms. The molecule has 2 aromatic carbocycles. The SMILES string of the molecule is CC(C)N(Cc1ccccc1)C(=O)COCc1cc(-c2ccc(F)cc2)on1. The molecule has 0 unspecified atom stereocenters. The topological polar surface area (TPSA) is 55.6 Å². The third-order valence-corrected chi connectivity index (χ3v) is 4.30. The normalized spacial score (nSPS) is 11.0. The van der Waals surface area contributed by atoms with Gasteiger partial charge in [-0.15, -0.1) is 0 Å². The van der Waals surface area contributed by atoms with E-state index in [1.54, 1.807) is 23.1 Å². The summed E-state index contributed by atoms with van der Waals surface area (Å²) < 4.78 is 23.8. The van der Waals surface area contributed by atoms with E-state index in [1.807, 2.05) is 44.2 Å². The fourth-order valence-electron chi connectivity index (χ4n) is 2.79. The van der Waals surface area contributed by atoms with Gasteiger partial charge in [-0.25, -0.2) is 4.39 Å². The summed E-state index contributed by atoms with van der Waals surface area (Å²) in [6, 6.07) is 17.6. The molecule has 0 aliphatic rings. The zero-order valence-electron chi connectivity index (χ0n) is 16.0. The number of carbonyl (C=O) groups excluding carboxylic acids is 1. The predicted octanol–water partition coefficient (Wildman–Crippen LogP) is 4.43. The first-order chi connectivity index (χ1) is 13.5. The molecule has 0 saturated heterocycles. The first-order valence-electron chi connectivity index (χ1n) is 9.15. The van der Waals surface area contributed by atoms with Gasteiger partial charge in [0.05, 0.1) is 6.61 Å². The summed E-state index contributed by atoms with van der Waals surface area (Å²) >= 11 is 0. The Kier molecular flexibility index (Phi) is 6.55. The average Bonchev–Trinajstić information content (AvgIpc) is 3.16. The van der Waals surface area contributed by atoms with Gasteiger partial charge >= 0.3 is 0 Å². The molecule has 3 rings (SSSR count). The molecule has 0 aliphatic carbocycles. The number of ether oxygens (including phenoxy) is 1. The molecule has 0 spiro atoms. The highest BCUT2D eigenvalue weighted by molar-refractivity contribution is 5.77. The van der Waals surface area contributed by atoms with Crippen LogP contribution in [-0.2, 0) is 22.7 Å². The van der Waals surface area contributed by atoms with E-state index in [9.17, 15) is 9.18 Å². The lowest BCUT2D eigenvalue weighted by molar-refractivity contribution is -0.139. The Morgan fingerprint density at radius 2 is 1.86 bits per heavy atom. The van der Waals surface area contributed by atoms with Crippen molar-refractivity contribution in [2.24, 2.45) is 0 Å². The molecule has 0 atom stereocenters. The van der Waals surface area contributed by atoms with Crippen LogP contribution >= 0.6 is 0 Å². The Balaban J connectivity index is 1.53. The smallest absolute Gasteiger partial charge is 0.249 e.